The number of para-hydroxylation sites is 1. The van der Waals surface area contributed by atoms with Gasteiger partial charge < -0.3 is 15.5 Å². The number of aromatic nitrogens is 1. The molecule has 2 aromatic rings. The molecule has 3 rings (SSSR count). The van der Waals surface area contributed by atoms with Crippen molar-refractivity contribution < 1.29 is 0 Å². The SMILES string of the molecule is CN=C(NCc1cnc(C)s1)NC1CCN(c2ccccc2)C1. The van der Waals surface area contributed by atoms with E-state index in [-0.39, 0.29) is 0 Å². The lowest BCUT2D eigenvalue weighted by Crippen LogP contribution is -2.44. The average Bonchev–Trinajstić information content (AvgIpc) is 3.21. The van der Waals surface area contributed by atoms with Gasteiger partial charge >= 0.3 is 0 Å². The van der Waals surface area contributed by atoms with E-state index in [9.17, 15) is 0 Å². The second-order valence-corrected chi connectivity index (χ2v) is 7.00. The Morgan fingerprint density at radius 2 is 2.22 bits per heavy atom. The number of aryl methyl sites for hydroxylation is 1. The van der Waals surface area contributed by atoms with Crippen LogP contribution in [0, 0.1) is 6.92 Å². The molecule has 1 fully saturated rings. The fourth-order valence-electron chi connectivity index (χ4n) is 2.80. The largest absolute Gasteiger partial charge is 0.369 e. The van der Waals surface area contributed by atoms with Crippen LogP contribution in [0.2, 0.25) is 0 Å². The quantitative estimate of drug-likeness (QED) is 0.668. The summed E-state index contributed by atoms with van der Waals surface area (Å²) in [7, 11) is 1.82. The molecule has 1 aromatic carbocycles. The number of hydrogen-bond donors (Lipinski definition) is 2. The third kappa shape index (κ3) is 4.22. The topological polar surface area (TPSA) is 52.6 Å². The van der Waals surface area contributed by atoms with Crippen LogP contribution in [0.3, 0.4) is 0 Å². The monoisotopic (exact) mass is 329 g/mol. The highest BCUT2D eigenvalue weighted by Gasteiger charge is 2.23. The minimum Gasteiger partial charge on any atom is -0.369 e. The fraction of sp³-hybridized carbons (Fsp3) is 0.412. The molecule has 2 heterocycles. The molecule has 1 unspecified atom stereocenters. The van der Waals surface area contributed by atoms with Gasteiger partial charge in [0.1, 0.15) is 0 Å². The summed E-state index contributed by atoms with van der Waals surface area (Å²) in [6, 6.07) is 11.0. The van der Waals surface area contributed by atoms with Crippen LogP contribution in [0.5, 0.6) is 0 Å². The number of guanidine groups is 1. The van der Waals surface area contributed by atoms with Gasteiger partial charge in [0.2, 0.25) is 0 Å². The van der Waals surface area contributed by atoms with E-state index < -0.39 is 0 Å². The van der Waals surface area contributed by atoms with E-state index in [0.29, 0.717) is 6.04 Å². The minimum atomic E-state index is 0.421. The van der Waals surface area contributed by atoms with Crippen LogP contribution in [-0.4, -0.2) is 37.1 Å². The summed E-state index contributed by atoms with van der Waals surface area (Å²) in [5, 5.41) is 7.99. The zero-order valence-electron chi connectivity index (χ0n) is 13.6. The summed E-state index contributed by atoms with van der Waals surface area (Å²) < 4.78 is 0. The standard InChI is InChI=1S/C17H23N5S/c1-13-19-10-16(23-13)11-20-17(18-2)21-14-8-9-22(12-14)15-6-4-3-5-7-15/h3-7,10,14H,8-9,11-12H2,1-2H3,(H2,18,20,21). The second-order valence-electron chi connectivity index (χ2n) is 5.68. The molecule has 1 saturated heterocycles. The van der Waals surface area contributed by atoms with Crippen LogP contribution < -0.4 is 15.5 Å². The third-order valence-corrected chi connectivity index (χ3v) is 4.89. The van der Waals surface area contributed by atoms with Gasteiger partial charge in [0, 0.05) is 42.9 Å². The first-order chi connectivity index (χ1) is 11.2. The smallest absolute Gasteiger partial charge is 0.191 e. The van der Waals surface area contributed by atoms with Crippen molar-refractivity contribution in [3.8, 4) is 0 Å². The van der Waals surface area contributed by atoms with Gasteiger partial charge in [-0.1, -0.05) is 18.2 Å². The third-order valence-electron chi connectivity index (χ3n) is 3.97. The van der Waals surface area contributed by atoms with Crippen LogP contribution in [0.25, 0.3) is 0 Å². The van der Waals surface area contributed by atoms with E-state index in [4.69, 9.17) is 0 Å². The number of aliphatic imine (C=N–C) groups is 1. The van der Waals surface area contributed by atoms with Crippen molar-refractivity contribution in [2.75, 3.05) is 25.0 Å². The zero-order chi connectivity index (χ0) is 16.1. The lowest BCUT2D eigenvalue weighted by molar-refractivity contribution is 0.649. The summed E-state index contributed by atoms with van der Waals surface area (Å²) >= 11 is 1.72. The Morgan fingerprint density at radius 1 is 1.39 bits per heavy atom. The molecule has 1 aromatic heterocycles. The second kappa shape index (κ2) is 7.46. The highest BCUT2D eigenvalue weighted by atomic mass is 32.1. The van der Waals surface area contributed by atoms with Crippen LogP contribution >= 0.6 is 11.3 Å². The molecule has 23 heavy (non-hydrogen) atoms. The number of nitrogens with one attached hydrogen (secondary N) is 2. The highest BCUT2D eigenvalue weighted by Crippen LogP contribution is 2.19. The Balaban J connectivity index is 1.50. The Bertz CT molecular complexity index is 652. The molecule has 1 atom stereocenters. The number of benzene rings is 1. The Morgan fingerprint density at radius 3 is 2.91 bits per heavy atom. The van der Waals surface area contributed by atoms with Crippen LogP contribution in [0.15, 0.2) is 41.5 Å². The lowest BCUT2D eigenvalue weighted by Gasteiger charge is -2.20. The van der Waals surface area contributed by atoms with Crippen molar-refractivity contribution >= 4 is 23.0 Å². The van der Waals surface area contributed by atoms with Gasteiger partial charge in [-0.15, -0.1) is 11.3 Å². The van der Waals surface area contributed by atoms with E-state index in [2.05, 4.69) is 55.8 Å². The first-order valence-electron chi connectivity index (χ1n) is 7.93. The Hall–Kier alpha value is -2.08. The highest BCUT2D eigenvalue weighted by molar-refractivity contribution is 7.11. The van der Waals surface area contributed by atoms with E-state index in [1.165, 1.54) is 10.6 Å². The first kappa shape index (κ1) is 15.8. The van der Waals surface area contributed by atoms with Gasteiger partial charge in [-0.2, -0.15) is 0 Å². The Labute approximate surface area is 141 Å². The van der Waals surface area contributed by atoms with Crippen molar-refractivity contribution in [2.24, 2.45) is 4.99 Å². The number of hydrogen-bond acceptors (Lipinski definition) is 4. The van der Waals surface area contributed by atoms with E-state index >= 15 is 0 Å². The normalized spacial score (nSPS) is 18.3. The van der Waals surface area contributed by atoms with Gasteiger partial charge in [-0.05, 0) is 25.5 Å². The van der Waals surface area contributed by atoms with Crippen LogP contribution in [0.1, 0.15) is 16.3 Å². The van der Waals surface area contributed by atoms with Gasteiger partial charge in [-0.25, -0.2) is 4.98 Å². The fourth-order valence-corrected chi connectivity index (χ4v) is 3.53. The zero-order valence-corrected chi connectivity index (χ0v) is 14.4. The molecule has 6 heteroatoms. The molecule has 0 radical (unpaired) electrons. The molecular weight excluding hydrogens is 306 g/mol. The van der Waals surface area contributed by atoms with Crippen molar-refractivity contribution in [3.63, 3.8) is 0 Å². The van der Waals surface area contributed by atoms with Crippen LogP contribution in [0.4, 0.5) is 5.69 Å². The predicted molar refractivity (Wildman–Crippen MR) is 97.2 cm³/mol. The Kier molecular flexibility index (Phi) is 5.12. The van der Waals surface area contributed by atoms with Gasteiger partial charge in [-0.3, -0.25) is 4.99 Å². The van der Waals surface area contributed by atoms with E-state index in [1.807, 2.05) is 20.2 Å². The summed E-state index contributed by atoms with van der Waals surface area (Å²) in [5.41, 5.74) is 1.29. The van der Waals surface area contributed by atoms with E-state index in [0.717, 1.165) is 37.0 Å². The lowest BCUT2D eigenvalue weighted by atomic mass is 10.3. The van der Waals surface area contributed by atoms with Gasteiger partial charge in [0.05, 0.1) is 11.6 Å². The predicted octanol–water partition coefficient (Wildman–Crippen LogP) is 2.40. The molecule has 0 saturated carbocycles. The minimum absolute atomic E-state index is 0.421. The molecule has 0 amide bonds. The summed E-state index contributed by atoms with van der Waals surface area (Å²) in [6.45, 7) is 4.87. The van der Waals surface area contributed by atoms with Gasteiger partial charge in [0.25, 0.3) is 0 Å². The molecule has 0 aliphatic carbocycles. The number of anilines is 1. The maximum absolute atomic E-state index is 4.33. The summed E-state index contributed by atoms with van der Waals surface area (Å²) in [4.78, 5) is 12.2. The maximum Gasteiger partial charge on any atom is 0.191 e. The van der Waals surface area contributed by atoms with E-state index in [1.54, 1.807) is 11.3 Å². The van der Waals surface area contributed by atoms with Crippen LogP contribution in [-0.2, 0) is 6.54 Å². The number of nitrogens with zero attached hydrogens (tertiary/aromatic N) is 3. The molecule has 122 valence electrons. The number of thiazole rings is 1. The molecule has 0 spiro atoms. The molecule has 5 nitrogen and oxygen atoms in total. The molecular formula is C17H23N5S. The molecule has 2 N–H and O–H groups in total. The molecule has 1 aliphatic rings. The number of rotatable bonds is 4. The molecule has 0 bridgehead atoms. The van der Waals surface area contributed by atoms with Crippen molar-refractivity contribution in [1.29, 1.82) is 0 Å². The van der Waals surface area contributed by atoms with Gasteiger partial charge in [0.15, 0.2) is 5.96 Å². The first-order valence-corrected chi connectivity index (χ1v) is 8.75. The molecule has 1 aliphatic heterocycles. The summed E-state index contributed by atoms with van der Waals surface area (Å²) in [5.74, 6) is 0.857. The van der Waals surface area contributed by atoms with Crippen molar-refractivity contribution in [3.05, 3.63) is 46.4 Å². The summed E-state index contributed by atoms with van der Waals surface area (Å²) in [6.07, 6.45) is 3.04. The maximum atomic E-state index is 4.33. The van der Waals surface area contributed by atoms with Crippen molar-refractivity contribution in [1.82, 2.24) is 15.6 Å². The van der Waals surface area contributed by atoms with Crippen molar-refractivity contribution in [2.45, 2.75) is 25.9 Å². The average molecular weight is 329 g/mol.